The van der Waals surface area contributed by atoms with Crippen LogP contribution in [0.25, 0.3) is 0 Å². The molecule has 1 aromatic rings. The molecule has 1 unspecified atom stereocenters. The zero-order valence-electron chi connectivity index (χ0n) is 12.7. The third-order valence-corrected chi connectivity index (χ3v) is 4.02. The molecule has 2 rings (SSSR count). The molecule has 0 aliphatic carbocycles. The van der Waals surface area contributed by atoms with Crippen LogP contribution >= 0.6 is 0 Å². The largest absolute Gasteiger partial charge is 0.390 e. The van der Waals surface area contributed by atoms with Gasteiger partial charge in [-0.05, 0) is 30.0 Å². The molecule has 0 radical (unpaired) electrons. The van der Waals surface area contributed by atoms with E-state index in [1.54, 1.807) is 7.05 Å². The van der Waals surface area contributed by atoms with Gasteiger partial charge in [0, 0.05) is 33.2 Å². The summed E-state index contributed by atoms with van der Waals surface area (Å²) in [7, 11) is 1.69. The van der Waals surface area contributed by atoms with Crippen LogP contribution in [0.2, 0.25) is 0 Å². The third kappa shape index (κ3) is 4.41. The van der Waals surface area contributed by atoms with E-state index in [2.05, 4.69) is 35.7 Å². The molecule has 0 spiro atoms. The summed E-state index contributed by atoms with van der Waals surface area (Å²) in [6.07, 6.45) is 2.78. The van der Waals surface area contributed by atoms with Gasteiger partial charge < -0.3 is 14.9 Å². The van der Waals surface area contributed by atoms with Crippen LogP contribution < -0.4 is 0 Å². The lowest BCUT2D eigenvalue weighted by Crippen LogP contribution is -2.41. The quantitative estimate of drug-likeness (QED) is 0.825. The lowest BCUT2D eigenvalue weighted by Gasteiger charge is -2.26. The van der Waals surface area contributed by atoms with Crippen LogP contribution in [-0.4, -0.2) is 60.1 Å². The number of carbonyl (C=O) groups excluding carboxylic acids is 1. The van der Waals surface area contributed by atoms with Gasteiger partial charge in [-0.2, -0.15) is 0 Å². The van der Waals surface area contributed by atoms with Crippen molar-refractivity contribution in [1.29, 1.82) is 0 Å². The highest BCUT2D eigenvalue weighted by Gasteiger charge is 2.18. The van der Waals surface area contributed by atoms with Crippen LogP contribution in [0.1, 0.15) is 11.1 Å². The van der Waals surface area contributed by atoms with E-state index in [9.17, 15) is 9.90 Å². The van der Waals surface area contributed by atoms with Gasteiger partial charge in [0.15, 0.2) is 0 Å². The van der Waals surface area contributed by atoms with Crippen LogP contribution in [0.4, 0.5) is 0 Å². The summed E-state index contributed by atoms with van der Waals surface area (Å²) < 4.78 is 0. The Hall–Kier alpha value is -1.65. The van der Waals surface area contributed by atoms with E-state index in [1.807, 2.05) is 0 Å². The second-order valence-electron chi connectivity index (χ2n) is 5.65. The normalized spacial score (nSPS) is 16.7. The summed E-state index contributed by atoms with van der Waals surface area (Å²) in [5.74, 6) is -0.155. The summed E-state index contributed by atoms with van der Waals surface area (Å²) in [4.78, 5) is 15.2. The van der Waals surface area contributed by atoms with Crippen molar-refractivity contribution in [3.05, 3.63) is 48.0 Å². The van der Waals surface area contributed by atoms with Crippen molar-refractivity contribution in [3.8, 4) is 0 Å². The first-order valence-corrected chi connectivity index (χ1v) is 7.45. The highest BCUT2D eigenvalue weighted by atomic mass is 16.3. The molecule has 4 heteroatoms. The van der Waals surface area contributed by atoms with E-state index in [4.69, 9.17) is 0 Å². The van der Waals surface area contributed by atoms with Gasteiger partial charge in [0.1, 0.15) is 0 Å². The molecule has 1 amide bonds. The van der Waals surface area contributed by atoms with Gasteiger partial charge >= 0.3 is 0 Å². The average molecular weight is 288 g/mol. The molecule has 1 N–H and O–H groups in total. The van der Waals surface area contributed by atoms with Gasteiger partial charge in [-0.15, -0.1) is 0 Å². The highest BCUT2D eigenvalue weighted by Crippen LogP contribution is 2.15. The smallest absolute Gasteiger partial charge is 0.245 e. The third-order valence-electron chi connectivity index (χ3n) is 4.02. The predicted molar refractivity (Wildman–Crippen MR) is 84.1 cm³/mol. The zero-order chi connectivity index (χ0) is 15.2. The molecular weight excluding hydrogens is 264 g/mol. The second kappa shape index (κ2) is 7.38. The molecule has 1 heterocycles. The topological polar surface area (TPSA) is 43.8 Å². The van der Waals surface area contributed by atoms with E-state index < -0.39 is 6.10 Å². The minimum absolute atomic E-state index is 0.155. The Morgan fingerprint density at radius 2 is 1.95 bits per heavy atom. The van der Waals surface area contributed by atoms with Crippen molar-refractivity contribution >= 4 is 5.91 Å². The van der Waals surface area contributed by atoms with Crippen molar-refractivity contribution in [1.82, 2.24) is 9.80 Å². The summed E-state index contributed by atoms with van der Waals surface area (Å²) in [6, 6.07) is 8.54. The minimum atomic E-state index is -0.528. The molecular formula is C17H24N2O2. The van der Waals surface area contributed by atoms with Crippen molar-refractivity contribution in [2.24, 2.45) is 0 Å². The number of fused-ring (bicyclic) bond motifs is 1. The Morgan fingerprint density at radius 3 is 2.48 bits per heavy atom. The van der Waals surface area contributed by atoms with Crippen LogP contribution in [-0.2, 0) is 17.6 Å². The molecule has 1 aliphatic heterocycles. The number of likely N-dealkylation sites (N-methyl/N-ethyl adjacent to an activating group) is 1. The van der Waals surface area contributed by atoms with Crippen LogP contribution in [0.3, 0.4) is 0 Å². The first-order valence-electron chi connectivity index (χ1n) is 7.45. The molecule has 114 valence electrons. The van der Waals surface area contributed by atoms with Gasteiger partial charge in [0.05, 0.1) is 6.10 Å². The number of aliphatic hydroxyl groups is 1. The van der Waals surface area contributed by atoms with E-state index in [0.29, 0.717) is 13.1 Å². The van der Waals surface area contributed by atoms with E-state index >= 15 is 0 Å². The molecule has 0 bridgehead atoms. The number of benzene rings is 1. The summed E-state index contributed by atoms with van der Waals surface area (Å²) >= 11 is 0. The fraction of sp³-hybridized carbons (Fsp3) is 0.471. The van der Waals surface area contributed by atoms with Crippen molar-refractivity contribution in [2.75, 3.05) is 33.2 Å². The first kappa shape index (κ1) is 15.7. The Labute approximate surface area is 126 Å². The lowest BCUT2D eigenvalue weighted by molar-refractivity contribution is -0.126. The number of hydrogen-bond donors (Lipinski definition) is 1. The van der Waals surface area contributed by atoms with Gasteiger partial charge in [-0.3, -0.25) is 4.79 Å². The number of β-amino-alcohol motifs (C(OH)–C–C–N with tert-alkyl or cyclic N) is 1. The molecule has 0 saturated heterocycles. The molecule has 1 atom stereocenters. The molecule has 1 aliphatic rings. The number of aliphatic hydroxyl groups excluding tert-OH is 1. The number of rotatable bonds is 5. The monoisotopic (exact) mass is 288 g/mol. The van der Waals surface area contributed by atoms with Gasteiger partial charge in [-0.25, -0.2) is 0 Å². The maximum Gasteiger partial charge on any atom is 0.245 e. The van der Waals surface area contributed by atoms with Crippen molar-refractivity contribution < 1.29 is 9.90 Å². The molecule has 0 saturated carbocycles. The minimum Gasteiger partial charge on any atom is -0.390 e. The van der Waals surface area contributed by atoms with E-state index in [-0.39, 0.29) is 5.91 Å². The highest BCUT2D eigenvalue weighted by molar-refractivity contribution is 5.86. The number of nitrogens with zero attached hydrogens (tertiary/aromatic N) is 2. The Morgan fingerprint density at radius 1 is 1.38 bits per heavy atom. The number of hydrogen-bond acceptors (Lipinski definition) is 3. The number of amides is 1. The fourth-order valence-electron chi connectivity index (χ4n) is 2.81. The SMILES string of the molecule is C=CC(=O)N(C)CC(O)CN1CCc2ccccc2CC1. The van der Waals surface area contributed by atoms with Crippen molar-refractivity contribution in [2.45, 2.75) is 18.9 Å². The van der Waals surface area contributed by atoms with Crippen LogP contribution in [0, 0.1) is 0 Å². The first-order chi connectivity index (χ1) is 10.1. The lowest BCUT2D eigenvalue weighted by atomic mass is 10.0. The van der Waals surface area contributed by atoms with E-state index in [0.717, 1.165) is 25.9 Å². The second-order valence-corrected chi connectivity index (χ2v) is 5.65. The van der Waals surface area contributed by atoms with Crippen molar-refractivity contribution in [3.63, 3.8) is 0 Å². The van der Waals surface area contributed by atoms with Crippen LogP contribution in [0.5, 0.6) is 0 Å². The fourth-order valence-corrected chi connectivity index (χ4v) is 2.81. The Balaban J connectivity index is 1.84. The maximum absolute atomic E-state index is 11.4. The van der Waals surface area contributed by atoms with Crippen LogP contribution in [0.15, 0.2) is 36.9 Å². The molecule has 4 nitrogen and oxygen atoms in total. The summed E-state index contributed by atoms with van der Waals surface area (Å²) in [6.45, 7) is 6.30. The average Bonchev–Trinajstić information content (AvgIpc) is 2.69. The summed E-state index contributed by atoms with van der Waals surface area (Å²) in [5, 5.41) is 10.2. The predicted octanol–water partition coefficient (Wildman–Crippen LogP) is 1.09. The van der Waals surface area contributed by atoms with Gasteiger partial charge in [0.25, 0.3) is 0 Å². The van der Waals surface area contributed by atoms with E-state index in [1.165, 1.54) is 22.1 Å². The Bertz CT molecular complexity index is 474. The number of carbonyl (C=O) groups is 1. The molecule has 1 aromatic carbocycles. The zero-order valence-corrected chi connectivity index (χ0v) is 12.7. The molecule has 0 aromatic heterocycles. The molecule has 0 fully saturated rings. The van der Waals surface area contributed by atoms with Gasteiger partial charge in [0.2, 0.25) is 5.91 Å². The summed E-state index contributed by atoms with van der Waals surface area (Å²) in [5.41, 5.74) is 2.82. The maximum atomic E-state index is 11.4. The molecule has 21 heavy (non-hydrogen) atoms. The Kier molecular flexibility index (Phi) is 5.53. The standard InChI is InChI=1S/C17H24N2O2/c1-3-17(21)18(2)12-16(20)13-19-10-8-14-6-4-5-7-15(14)9-11-19/h3-7,16,20H,1,8-13H2,2H3. The van der Waals surface area contributed by atoms with Gasteiger partial charge in [-0.1, -0.05) is 30.8 Å².